The molecule has 0 aliphatic carbocycles. The molecule has 4 aromatic rings. The molecule has 2 aromatic carbocycles. The van der Waals surface area contributed by atoms with Crippen molar-refractivity contribution in [3.05, 3.63) is 48.0 Å². The van der Waals surface area contributed by atoms with Gasteiger partial charge >= 0.3 is 0 Å². The second kappa shape index (κ2) is 7.96. The molecule has 1 fully saturated rings. The predicted molar refractivity (Wildman–Crippen MR) is 127 cm³/mol. The van der Waals surface area contributed by atoms with E-state index in [-0.39, 0.29) is 11.5 Å². The molecule has 1 saturated heterocycles. The summed E-state index contributed by atoms with van der Waals surface area (Å²) in [4.78, 5) is 24.0. The van der Waals surface area contributed by atoms with E-state index in [0.717, 1.165) is 24.2 Å². The Morgan fingerprint density at radius 3 is 2.73 bits per heavy atom. The number of aromatic nitrogens is 4. The summed E-state index contributed by atoms with van der Waals surface area (Å²) in [6, 6.07) is 7.23. The van der Waals surface area contributed by atoms with Gasteiger partial charge in [0.25, 0.3) is 5.91 Å². The number of hydrogen-bond donors (Lipinski definition) is 3. The number of fused-ring (bicyclic) bond motifs is 2. The molecule has 2 unspecified atom stereocenters. The Balaban J connectivity index is 1.53. The van der Waals surface area contributed by atoms with E-state index in [9.17, 15) is 9.18 Å². The van der Waals surface area contributed by atoms with Crippen LogP contribution in [-0.2, 0) is 7.05 Å². The predicted octanol–water partition coefficient (Wildman–Crippen LogP) is 2.68. The smallest absolute Gasteiger partial charge is 0.257 e. The van der Waals surface area contributed by atoms with Gasteiger partial charge in [0.05, 0.1) is 11.1 Å². The molecule has 10 heteroatoms. The Morgan fingerprint density at radius 2 is 1.97 bits per heavy atom. The van der Waals surface area contributed by atoms with Crippen molar-refractivity contribution in [1.29, 1.82) is 0 Å². The highest BCUT2D eigenvalue weighted by Gasteiger charge is 2.24. The van der Waals surface area contributed by atoms with Gasteiger partial charge in [-0.15, -0.1) is 0 Å². The summed E-state index contributed by atoms with van der Waals surface area (Å²) in [6.07, 6.45) is 3.35. The number of nitrogen functional groups attached to an aromatic ring is 1. The summed E-state index contributed by atoms with van der Waals surface area (Å²) < 4.78 is 16.0. The van der Waals surface area contributed by atoms with Crippen molar-refractivity contribution in [3.63, 3.8) is 0 Å². The fourth-order valence-electron chi connectivity index (χ4n) is 4.58. The summed E-state index contributed by atoms with van der Waals surface area (Å²) in [5.41, 5.74) is 8.20. The van der Waals surface area contributed by atoms with Gasteiger partial charge in [-0.25, -0.2) is 14.4 Å². The average Bonchev–Trinajstić information content (AvgIpc) is 3.12. The molecule has 9 nitrogen and oxygen atoms in total. The minimum atomic E-state index is -0.503. The zero-order chi connectivity index (χ0) is 23.3. The maximum Gasteiger partial charge on any atom is 0.257 e. The number of nitrogens with zero attached hydrogens (tertiary/aromatic N) is 5. The van der Waals surface area contributed by atoms with Crippen LogP contribution in [0.5, 0.6) is 0 Å². The quantitative estimate of drug-likeness (QED) is 0.441. The number of nitrogens with one attached hydrogen (secondary N) is 2. The summed E-state index contributed by atoms with van der Waals surface area (Å²) in [7, 11) is 1.72. The Kier molecular flexibility index (Phi) is 5.09. The molecule has 1 amide bonds. The summed E-state index contributed by atoms with van der Waals surface area (Å²) in [5.74, 6) is -0.829. The van der Waals surface area contributed by atoms with Gasteiger partial charge in [-0.3, -0.25) is 9.48 Å². The number of nitrogens with two attached hydrogens (primary N) is 1. The second-order valence-electron chi connectivity index (χ2n) is 8.65. The number of piperazine rings is 1. The molecule has 0 spiro atoms. The average molecular weight is 449 g/mol. The lowest BCUT2D eigenvalue weighted by atomic mass is 10.0. The van der Waals surface area contributed by atoms with E-state index in [1.165, 1.54) is 10.7 Å². The lowest BCUT2D eigenvalue weighted by Gasteiger charge is -2.38. The van der Waals surface area contributed by atoms with E-state index in [1.807, 2.05) is 6.07 Å². The van der Waals surface area contributed by atoms with Crippen molar-refractivity contribution in [1.82, 2.24) is 25.1 Å². The maximum atomic E-state index is 14.5. The third-order valence-electron chi connectivity index (χ3n) is 5.82. The van der Waals surface area contributed by atoms with Crippen molar-refractivity contribution >= 4 is 45.0 Å². The number of benzene rings is 2. The van der Waals surface area contributed by atoms with Gasteiger partial charge < -0.3 is 21.3 Å². The number of halogens is 1. The molecule has 0 saturated carbocycles. The third kappa shape index (κ3) is 3.93. The molecule has 1 aliphatic heterocycles. The third-order valence-corrected chi connectivity index (χ3v) is 5.82. The molecule has 33 heavy (non-hydrogen) atoms. The molecule has 170 valence electrons. The number of anilines is 3. The Bertz CT molecular complexity index is 1370. The molecule has 0 radical (unpaired) electrons. The molecular weight excluding hydrogens is 423 g/mol. The van der Waals surface area contributed by atoms with Crippen LogP contribution in [0, 0.1) is 5.82 Å². The van der Waals surface area contributed by atoms with Crippen LogP contribution in [0.25, 0.3) is 21.8 Å². The Labute approximate surface area is 189 Å². The van der Waals surface area contributed by atoms with Gasteiger partial charge in [-0.1, -0.05) is 0 Å². The minimum absolute atomic E-state index is 0.0820. The number of rotatable bonds is 3. The molecule has 2 atom stereocenters. The van der Waals surface area contributed by atoms with E-state index < -0.39 is 11.7 Å². The monoisotopic (exact) mass is 448 g/mol. The lowest BCUT2D eigenvalue weighted by Crippen LogP contribution is -2.54. The van der Waals surface area contributed by atoms with Gasteiger partial charge in [0.15, 0.2) is 5.82 Å². The normalized spacial score (nSPS) is 18.7. The van der Waals surface area contributed by atoms with Gasteiger partial charge in [0, 0.05) is 66.8 Å². The van der Waals surface area contributed by atoms with Crippen molar-refractivity contribution < 1.29 is 9.18 Å². The summed E-state index contributed by atoms with van der Waals surface area (Å²) in [6.45, 7) is 5.91. The first kappa shape index (κ1) is 21.1. The van der Waals surface area contributed by atoms with Crippen LogP contribution in [0.2, 0.25) is 0 Å². The summed E-state index contributed by atoms with van der Waals surface area (Å²) >= 11 is 0. The molecule has 3 heterocycles. The SMILES string of the molecule is CC1CN(c2ccc(C(=O)Nc3cc(F)c4nn(C)cc4c3)c3nc(N)ncc23)CC(C)N1. The number of aryl methyl sites for hydroxylation is 1. The van der Waals surface area contributed by atoms with Crippen molar-refractivity contribution in [2.45, 2.75) is 25.9 Å². The molecular formula is C23H25FN8O. The first-order valence-corrected chi connectivity index (χ1v) is 10.8. The summed E-state index contributed by atoms with van der Waals surface area (Å²) in [5, 5.41) is 11.7. The molecule has 0 bridgehead atoms. The van der Waals surface area contributed by atoms with Crippen LogP contribution >= 0.6 is 0 Å². The van der Waals surface area contributed by atoms with Gasteiger partial charge in [-0.2, -0.15) is 5.10 Å². The van der Waals surface area contributed by atoms with Crippen LogP contribution < -0.4 is 21.3 Å². The molecule has 2 aromatic heterocycles. The zero-order valence-electron chi connectivity index (χ0n) is 18.6. The van der Waals surface area contributed by atoms with Gasteiger partial charge in [-0.05, 0) is 38.1 Å². The van der Waals surface area contributed by atoms with Crippen LogP contribution in [0.15, 0.2) is 36.7 Å². The standard InChI is InChI=1S/C23H25FN8O/c1-12-9-32(10-13(2)27-12)19-5-4-16(21-17(19)8-26-23(25)29-21)22(33)28-15-6-14-11-31(3)30-20(14)18(24)7-15/h4-8,11-13,27H,9-10H2,1-3H3,(H,28,33)(H2,25,26,29). The first-order chi connectivity index (χ1) is 15.8. The van der Waals surface area contributed by atoms with Gasteiger partial charge in [0.2, 0.25) is 5.95 Å². The van der Waals surface area contributed by atoms with Crippen molar-refractivity contribution in [2.24, 2.45) is 7.05 Å². The zero-order valence-corrected chi connectivity index (χ0v) is 18.6. The van der Waals surface area contributed by atoms with Crippen LogP contribution in [0.1, 0.15) is 24.2 Å². The first-order valence-electron chi connectivity index (χ1n) is 10.8. The Morgan fingerprint density at radius 1 is 1.21 bits per heavy atom. The van der Waals surface area contributed by atoms with Crippen LogP contribution in [0.4, 0.5) is 21.7 Å². The number of amides is 1. The van der Waals surface area contributed by atoms with Crippen LogP contribution in [0.3, 0.4) is 0 Å². The number of carbonyl (C=O) groups is 1. The number of hydrogen-bond acceptors (Lipinski definition) is 7. The Hall–Kier alpha value is -3.79. The van der Waals surface area contributed by atoms with E-state index in [4.69, 9.17) is 5.73 Å². The van der Waals surface area contributed by atoms with Crippen molar-refractivity contribution in [2.75, 3.05) is 29.0 Å². The van der Waals surface area contributed by atoms with Gasteiger partial charge in [0.1, 0.15) is 5.52 Å². The molecule has 1 aliphatic rings. The van der Waals surface area contributed by atoms with Crippen molar-refractivity contribution in [3.8, 4) is 0 Å². The van der Waals surface area contributed by atoms with E-state index in [1.54, 1.807) is 31.6 Å². The largest absolute Gasteiger partial charge is 0.368 e. The fraction of sp³-hybridized carbons (Fsp3) is 0.304. The fourth-order valence-corrected chi connectivity index (χ4v) is 4.58. The lowest BCUT2D eigenvalue weighted by molar-refractivity contribution is 0.102. The number of carbonyl (C=O) groups excluding carboxylic acids is 1. The molecule has 4 N–H and O–H groups in total. The topological polar surface area (TPSA) is 114 Å². The molecule has 5 rings (SSSR count). The highest BCUT2D eigenvalue weighted by atomic mass is 19.1. The highest BCUT2D eigenvalue weighted by molar-refractivity contribution is 6.14. The van der Waals surface area contributed by atoms with E-state index in [0.29, 0.717) is 34.2 Å². The van der Waals surface area contributed by atoms with Crippen LogP contribution in [-0.4, -0.2) is 50.8 Å². The highest BCUT2D eigenvalue weighted by Crippen LogP contribution is 2.31. The second-order valence-corrected chi connectivity index (χ2v) is 8.65. The van der Waals surface area contributed by atoms with E-state index >= 15 is 0 Å². The van der Waals surface area contributed by atoms with E-state index in [2.05, 4.69) is 44.4 Å². The maximum absolute atomic E-state index is 14.5. The minimum Gasteiger partial charge on any atom is -0.368 e.